The van der Waals surface area contributed by atoms with Crippen LogP contribution in [0.25, 0.3) is 0 Å². The van der Waals surface area contributed by atoms with Crippen LogP contribution in [0.1, 0.15) is 38.8 Å². The van der Waals surface area contributed by atoms with Crippen LogP contribution in [0.5, 0.6) is 0 Å². The molecule has 0 aliphatic rings. The van der Waals surface area contributed by atoms with E-state index in [9.17, 15) is 9.46 Å². The molecule has 4 unspecified atom stereocenters. The molecule has 35 heavy (non-hydrogen) atoms. The summed E-state index contributed by atoms with van der Waals surface area (Å²) >= 11 is 0. The third kappa shape index (κ3) is 13.9. The highest BCUT2D eigenvalue weighted by molar-refractivity contribution is 7.47. The summed E-state index contributed by atoms with van der Waals surface area (Å²) in [5.41, 5.74) is 2.17. The first-order valence-corrected chi connectivity index (χ1v) is 13.4. The minimum atomic E-state index is -4.27. The summed E-state index contributed by atoms with van der Waals surface area (Å²) in [4.78, 5) is 10.1. The van der Waals surface area contributed by atoms with Gasteiger partial charge in [0.15, 0.2) is 0 Å². The number of hydrogen-bond acceptors (Lipinski definition) is 7. The summed E-state index contributed by atoms with van der Waals surface area (Å²) in [6.45, 7) is 9.10. The van der Waals surface area contributed by atoms with Crippen molar-refractivity contribution >= 4 is 7.82 Å². The molecule has 0 spiro atoms. The number of phosphoric ester groups is 1. The second-order valence-corrected chi connectivity index (χ2v) is 9.95. The molecule has 0 amide bonds. The molecule has 1 N–H and O–H groups in total. The lowest BCUT2D eigenvalue weighted by molar-refractivity contribution is -0.0532. The molecule has 0 aliphatic heterocycles. The standard InChI is InChI=1S/C26H39O8P/c1-21(15-29-19-25-11-7-5-8-12-25)31-17-23(3)33-35(27,28)34-24(4)18-32-22(2)16-30-20-26-13-9-6-10-14-26/h5-14,21-24H,15-20H2,1-4H3,(H,27,28). The highest BCUT2D eigenvalue weighted by Gasteiger charge is 2.28. The molecule has 0 fully saturated rings. The maximum absolute atomic E-state index is 12.3. The Bertz CT molecular complexity index is 783. The van der Waals surface area contributed by atoms with Crippen LogP contribution in [-0.2, 0) is 45.8 Å². The van der Waals surface area contributed by atoms with Crippen molar-refractivity contribution in [2.45, 2.75) is 65.3 Å². The summed E-state index contributed by atoms with van der Waals surface area (Å²) in [7, 11) is -4.27. The molecule has 0 saturated heterocycles. The molecule has 0 radical (unpaired) electrons. The van der Waals surface area contributed by atoms with E-state index in [0.29, 0.717) is 26.4 Å². The second kappa shape index (κ2) is 16.2. The van der Waals surface area contributed by atoms with E-state index in [1.807, 2.05) is 74.5 Å². The van der Waals surface area contributed by atoms with Crippen molar-refractivity contribution in [3.05, 3.63) is 71.8 Å². The summed E-state index contributed by atoms with van der Waals surface area (Å²) in [6.07, 6.45) is -1.66. The smallest absolute Gasteiger partial charge is 0.374 e. The van der Waals surface area contributed by atoms with Gasteiger partial charge >= 0.3 is 7.82 Å². The Hall–Kier alpha value is -1.61. The molecule has 0 bridgehead atoms. The third-order valence-electron chi connectivity index (χ3n) is 4.79. The molecule has 0 aromatic heterocycles. The fourth-order valence-electron chi connectivity index (χ4n) is 3.07. The molecule has 4 atom stereocenters. The molecule has 2 rings (SSSR count). The maximum Gasteiger partial charge on any atom is 0.472 e. The molecule has 9 heteroatoms. The summed E-state index contributed by atoms with van der Waals surface area (Å²) in [5.74, 6) is 0. The van der Waals surface area contributed by atoms with Gasteiger partial charge in [0.1, 0.15) is 0 Å². The second-order valence-electron chi connectivity index (χ2n) is 8.59. The lowest BCUT2D eigenvalue weighted by Gasteiger charge is -2.23. The van der Waals surface area contributed by atoms with Gasteiger partial charge in [-0.2, -0.15) is 0 Å². The Morgan fingerprint density at radius 2 is 1.00 bits per heavy atom. The van der Waals surface area contributed by atoms with E-state index in [0.717, 1.165) is 11.1 Å². The molecule has 196 valence electrons. The van der Waals surface area contributed by atoms with Crippen LogP contribution in [0.15, 0.2) is 60.7 Å². The normalized spacial score (nSPS) is 16.8. The first kappa shape index (κ1) is 29.6. The van der Waals surface area contributed by atoms with Gasteiger partial charge in [-0.1, -0.05) is 60.7 Å². The van der Waals surface area contributed by atoms with Gasteiger partial charge in [0.05, 0.1) is 64.1 Å². The first-order chi connectivity index (χ1) is 16.7. The Morgan fingerprint density at radius 3 is 1.37 bits per heavy atom. The van der Waals surface area contributed by atoms with E-state index >= 15 is 0 Å². The Kier molecular flexibility index (Phi) is 13.7. The number of hydrogen-bond donors (Lipinski definition) is 1. The maximum atomic E-state index is 12.3. The topological polar surface area (TPSA) is 92.7 Å². The molecular weight excluding hydrogens is 471 g/mol. The van der Waals surface area contributed by atoms with Crippen LogP contribution >= 0.6 is 7.82 Å². The van der Waals surface area contributed by atoms with Crippen LogP contribution in [0, 0.1) is 0 Å². The van der Waals surface area contributed by atoms with Gasteiger partial charge in [-0.3, -0.25) is 9.05 Å². The van der Waals surface area contributed by atoms with E-state index in [1.54, 1.807) is 13.8 Å². The van der Waals surface area contributed by atoms with Crippen LogP contribution in [0.4, 0.5) is 0 Å². The predicted octanol–water partition coefficient (Wildman–Crippen LogP) is 5.14. The van der Waals surface area contributed by atoms with Gasteiger partial charge < -0.3 is 23.8 Å². The van der Waals surface area contributed by atoms with Gasteiger partial charge in [0.2, 0.25) is 0 Å². The van der Waals surface area contributed by atoms with Crippen molar-refractivity contribution in [1.29, 1.82) is 0 Å². The van der Waals surface area contributed by atoms with Gasteiger partial charge in [-0.05, 0) is 38.8 Å². The number of benzene rings is 2. The molecular formula is C26H39O8P. The van der Waals surface area contributed by atoms with Crippen LogP contribution < -0.4 is 0 Å². The van der Waals surface area contributed by atoms with Crippen molar-refractivity contribution in [1.82, 2.24) is 0 Å². The average molecular weight is 511 g/mol. The van der Waals surface area contributed by atoms with E-state index < -0.39 is 20.0 Å². The Morgan fingerprint density at radius 1 is 0.629 bits per heavy atom. The highest BCUT2D eigenvalue weighted by atomic mass is 31.2. The Balaban J connectivity index is 1.56. The summed E-state index contributed by atoms with van der Waals surface area (Å²) in [5, 5.41) is 0. The fraction of sp³-hybridized carbons (Fsp3) is 0.538. The van der Waals surface area contributed by atoms with Crippen molar-refractivity contribution in [3.63, 3.8) is 0 Å². The number of ether oxygens (including phenoxy) is 4. The largest absolute Gasteiger partial charge is 0.472 e. The fourth-order valence-corrected chi connectivity index (χ4v) is 4.15. The lowest BCUT2D eigenvalue weighted by atomic mass is 10.2. The van der Waals surface area contributed by atoms with Gasteiger partial charge in [0, 0.05) is 0 Å². The van der Waals surface area contributed by atoms with E-state index in [4.69, 9.17) is 28.0 Å². The van der Waals surface area contributed by atoms with Gasteiger partial charge in [-0.15, -0.1) is 0 Å². The number of phosphoric acid groups is 1. The van der Waals surface area contributed by atoms with E-state index in [1.165, 1.54) is 0 Å². The molecule has 2 aromatic carbocycles. The molecule has 0 heterocycles. The highest BCUT2D eigenvalue weighted by Crippen LogP contribution is 2.45. The predicted molar refractivity (Wildman–Crippen MR) is 134 cm³/mol. The van der Waals surface area contributed by atoms with Crippen LogP contribution in [0.3, 0.4) is 0 Å². The molecule has 8 nitrogen and oxygen atoms in total. The monoisotopic (exact) mass is 510 g/mol. The van der Waals surface area contributed by atoms with E-state index in [-0.39, 0.29) is 25.4 Å². The zero-order chi connectivity index (χ0) is 25.5. The van der Waals surface area contributed by atoms with Crippen molar-refractivity contribution in [2.24, 2.45) is 0 Å². The first-order valence-electron chi connectivity index (χ1n) is 11.9. The Labute approximate surface area is 209 Å². The van der Waals surface area contributed by atoms with Gasteiger partial charge in [0.25, 0.3) is 0 Å². The minimum Gasteiger partial charge on any atom is -0.374 e. The molecule has 0 aliphatic carbocycles. The zero-order valence-electron chi connectivity index (χ0n) is 21.1. The van der Waals surface area contributed by atoms with E-state index in [2.05, 4.69) is 0 Å². The van der Waals surface area contributed by atoms with Crippen molar-refractivity contribution < 1.29 is 37.5 Å². The van der Waals surface area contributed by atoms with Crippen molar-refractivity contribution in [3.8, 4) is 0 Å². The molecule has 2 aromatic rings. The van der Waals surface area contributed by atoms with Crippen LogP contribution in [-0.4, -0.2) is 55.7 Å². The summed E-state index contributed by atoms with van der Waals surface area (Å²) < 4.78 is 45.3. The van der Waals surface area contributed by atoms with Crippen LogP contribution in [0.2, 0.25) is 0 Å². The summed E-state index contributed by atoms with van der Waals surface area (Å²) in [6, 6.07) is 19.7. The number of rotatable bonds is 18. The SMILES string of the molecule is CC(COCc1ccccc1)OCC(C)OP(=O)(O)OC(C)COC(C)COCc1ccccc1. The average Bonchev–Trinajstić information content (AvgIpc) is 2.82. The lowest BCUT2D eigenvalue weighted by Crippen LogP contribution is -2.25. The molecule has 0 saturated carbocycles. The third-order valence-corrected chi connectivity index (χ3v) is 6.04. The quantitative estimate of drug-likeness (QED) is 0.276. The zero-order valence-corrected chi connectivity index (χ0v) is 22.0. The minimum absolute atomic E-state index is 0.129. The van der Waals surface area contributed by atoms with Crippen molar-refractivity contribution in [2.75, 3.05) is 26.4 Å². The van der Waals surface area contributed by atoms with Gasteiger partial charge in [-0.25, -0.2) is 4.57 Å².